The molecule has 1 unspecified atom stereocenters. The van der Waals surface area contributed by atoms with Crippen LogP contribution in [0, 0.1) is 0 Å². The molecular formula is C13H20BrNO2. The van der Waals surface area contributed by atoms with Crippen molar-refractivity contribution >= 4 is 15.9 Å². The van der Waals surface area contributed by atoms with Crippen molar-refractivity contribution in [3.05, 3.63) is 28.2 Å². The molecule has 0 radical (unpaired) electrons. The molecule has 0 fully saturated rings. The molecule has 0 saturated carbocycles. The number of aliphatic hydroxyl groups is 1. The molecule has 0 aliphatic carbocycles. The van der Waals surface area contributed by atoms with Crippen LogP contribution in [-0.4, -0.2) is 36.8 Å². The normalized spacial score (nSPS) is 12.8. The minimum absolute atomic E-state index is 0.248. The Hall–Kier alpha value is -0.580. The molecule has 1 aromatic carbocycles. The summed E-state index contributed by atoms with van der Waals surface area (Å²) in [4.78, 5) is 2.18. The zero-order valence-electron chi connectivity index (χ0n) is 10.6. The highest BCUT2D eigenvalue weighted by atomic mass is 79.9. The van der Waals surface area contributed by atoms with Crippen molar-refractivity contribution in [2.75, 3.05) is 20.7 Å². The Bertz CT molecular complexity index is 355. The van der Waals surface area contributed by atoms with E-state index in [0.29, 0.717) is 0 Å². The number of hydrogen-bond donors (Lipinski definition) is 1. The minimum Gasteiger partial charge on any atom is -0.496 e. The molecule has 1 rings (SSSR count). The third-order valence-corrected chi connectivity index (χ3v) is 3.10. The van der Waals surface area contributed by atoms with Crippen LogP contribution >= 0.6 is 15.9 Å². The van der Waals surface area contributed by atoms with Gasteiger partial charge in [0, 0.05) is 23.1 Å². The van der Waals surface area contributed by atoms with Crippen LogP contribution < -0.4 is 4.74 Å². The number of benzene rings is 1. The van der Waals surface area contributed by atoms with E-state index in [-0.39, 0.29) is 6.10 Å². The topological polar surface area (TPSA) is 32.7 Å². The second kappa shape index (κ2) is 6.99. The number of halogens is 1. The molecule has 0 aromatic heterocycles. The third-order valence-electron chi connectivity index (χ3n) is 2.61. The molecule has 96 valence electrons. The molecule has 1 aromatic rings. The van der Waals surface area contributed by atoms with E-state index in [9.17, 15) is 5.11 Å². The fourth-order valence-corrected chi connectivity index (χ4v) is 2.06. The average Bonchev–Trinajstić information content (AvgIpc) is 2.27. The summed E-state index contributed by atoms with van der Waals surface area (Å²) < 4.78 is 6.38. The lowest BCUT2D eigenvalue weighted by Crippen LogP contribution is -2.22. The Balaban J connectivity index is 2.63. The van der Waals surface area contributed by atoms with Crippen molar-refractivity contribution in [3.8, 4) is 5.75 Å². The molecule has 17 heavy (non-hydrogen) atoms. The molecule has 0 amide bonds. The fraction of sp³-hybridized carbons (Fsp3) is 0.538. The molecule has 0 spiro atoms. The molecule has 3 nitrogen and oxygen atoms in total. The summed E-state index contributed by atoms with van der Waals surface area (Å²) in [6, 6.07) is 6.00. The van der Waals surface area contributed by atoms with Crippen LogP contribution in [0.3, 0.4) is 0 Å². The molecule has 0 aliphatic heterocycles. The Morgan fingerprint density at radius 2 is 2.18 bits per heavy atom. The highest BCUT2D eigenvalue weighted by Gasteiger charge is 2.07. The molecular weight excluding hydrogens is 282 g/mol. The van der Waals surface area contributed by atoms with E-state index in [1.165, 1.54) is 0 Å². The molecule has 1 atom stereocenters. The van der Waals surface area contributed by atoms with Crippen LogP contribution in [0.5, 0.6) is 5.75 Å². The van der Waals surface area contributed by atoms with E-state index in [0.717, 1.165) is 35.3 Å². The molecule has 0 saturated heterocycles. The quantitative estimate of drug-likeness (QED) is 0.877. The van der Waals surface area contributed by atoms with Crippen molar-refractivity contribution in [2.24, 2.45) is 0 Å². The highest BCUT2D eigenvalue weighted by Crippen LogP contribution is 2.24. The Morgan fingerprint density at radius 1 is 1.47 bits per heavy atom. The van der Waals surface area contributed by atoms with Crippen LogP contribution in [0.4, 0.5) is 0 Å². The SMILES string of the molecule is COc1ccc(Br)cc1CN(C)CCC(C)O. The first-order valence-corrected chi connectivity index (χ1v) is 6.51. The second-order valence-electron chi connectivity index (χ2n) is 4.33. The summed E-state index contributed by atoms with van der Waals surface area (Å²) in [5.41, 5.74) is 1.15. The Morgan fingerprint density at radius 3 is 2.76 bits per heavy atom. The Kier molecular flexibility index (Phi) is 5.95. The first-order valence-electron chi connectivity index (χ1n) is 5.72. The number of methoxy groups -OCH3 is 1. The summed E-state index contributed by atoms with van der Waals surface area (Å²) in [7, 11) is 3.73. The van der Waals surface area contributed by atoms with Gasteiger partial charge in [-0.1, -0.05) is 15.9 Å². The zero-order valence-corrected chi connectivity index (χ0v) is 12.2. The lowest BCUT2D eigenvalue weighted by molar-refractivity contribution is 0.162. The van der Waals surface area contributed by atoms with E-state index in [2.05, 4.69) is 26.9 Å². The number of ether oxygens (including phenoxy) is 1. The third kappa shape index (κ3) is 5.06. The van der Waals surface area contributed by atoms with Crippen molar-refractivity contribution in [2.45, 2.75) is 26.0 Å². The van der Waals surface area contributed by atoms with Crippen LogP contribution in [0.15, 0.2) is 22.7 Å². The highest BCUT2D eigenvalue weighted by molar-refractivity contribution is 9.10. The van der Waals surface area contributed by atoms with Gasteiger partial charge in [0.25, 0.3) is 0 Å². The summed E-state index contributed by atoms with van der Waals surface area (Å²) in [6.07, 6.45) is 0.536. The van der Waals surface area contributed by atoms with Crippen molar-refractivity contribution in [1.82, 2.24) is 4.90 Å². The summed E-state index contributed by atoms with van der Waals surface area (Å²) >= 11 is 3.46. The standard InChI is InChI=1S/C13H20BrNO2/c1-10(16)6-7-15(2)9-11-8-12(14)4-5-13(11)17-3/h4-5,8,10,16H,6-7,9H2,1-3H3. The van der Waals surface area contributed by atoms with Crippen molar-refractivity contribution < 1.29 is 9.84 Å². The van der Waals surface area contributed by atoms with E-state index >= 15 is 0 Å². The average molecular weight is 302 g/mol. The minimum atomic E-state index is -0.248. The molecule has 0 heterocycles. The second-order valence-corrected chi connectivity index (χ2v) is 5.25. The van der Waals surface area contributed by atoms with Gasteiger partial charge in [0.05, 0.1) is 13.2 Å². The van der Waals surface area contributed by atoms with Gasteiger partial charge in [-0.15, -0.1) is 0 Å². The maximum atomic E-state index is 9.25. The van der Waals surface area contributed by atoms with Crippen LogP contribution in [0.1, 0.15) is 18.9 Å². The van der Waals surface area contributed by atoms with Gasteiger partial charge >= 0.3 is 0 Å². The molecule has 4 heteroatoms. The van der Waals surface area contributed by atoms with Gasteiger partial charge < -0.3 is 14.7 Å². The largest absolute Gasteiger partial charge is 0.496 e. The Labute approximate surface area is 112 Å². The predicted octanol–water partition coefficient (Wildman–Crippen LogP) is 2.66. The first kappa shape index (κ1) is 14.5. The lowest BCUT2D eigenvalue weighted by atomic mass is 10.2. The number of aliphatic hydroxyl groups excluding tert-OH is 1. The van der Waals surface area contributed by atoms with E-state index in [1.54, 1.807) is 7.11 Å². The zero-order chi connectivity index (χ0) is 12.8. The van der Waals surface area contributed by atoms with E-state index in [4.69, 9.17) is 4.74 Å². The predicted molar refractivity (Wildman–Crippen MR) is 73.3 cm³/mol. The number of nitrogens with zero attached hydrogens (tertiary/aromatic N) is 1. The molecule has 0 bridgehead atoms. The van der Waals surface area contributed by atoms with Gasteiger partial charge in [-0.3, -0.25) is 0 Å². The molecule has 1 N–H and O–H groups in total. The van der Waals surface area contributed by atoms with Gasteiger partial charge in [0.15, 0.2) is 0 Å². The summed E-state index contributed by atoms with van der Waals surface area (Å²) in [6.45, 7) is 3.50. The van der Waals surface area contributed by atoms with E-state index in [1.807, 2.05) is 26.1 Å². The monoisotopic (exact) mass is 301 g/mol. The maximum absolute atomic E-state index is 9.25. The molecule has 0 aliphatic rings. The lowest BCUT2D eigenvalue weighted by Gasteiger charge is -2.19. The first-order chi connectivity index (χ1) is 8.02. The smallest absolute Gasteiger partial charge is 0.123 e. The van der Waals surface area contributed by atoms with Gasteiger partial charge in [0.2, 0.25) is 0 Å². The summed E-state index contributed by atoms with van der Waals surface area (Å²) in [5, 5.41) is 9.25. The fourth-order valence-electron chi connectivity index (χ4n) is 1.65. The van der Waals surface area contributed by atoms with Crippen molar-refractivity contribution in [1.29, 1.82) is 0 Å². The number of hydrogen-bond acceptors (Lipinski definition) is 3. The van der Waals surface area contributed by atoms with Crippen LogP contribution in [0.2, 0.25) is 0 Å². The van der Waals surface area contributed by atoms with Crippen molar-refractivity contribution in [3.63, 3.8) is 0 Å². The van der Waals surface area contributed by atoms with E-state index < -0.39 is 0 Å². The van der Waals surface area contributed by atoms with Crippen LogP contribution in [-0.2, 0) is 6.54 Å². The maximum Gasteiger partial charge on any atom is 0.123 e. The van der Waals surface area contributed by atoms with Gasteiger partial charge in [-0.2, -0.15) is 0 Å². The van der Waals surface area contributed by atoms with Gasteiger partial charge in [-0.05, 0) is 38.6 Å². The van der Waals surface area contributed by atoms with Gasteiger partial charge in [0.1, 0.15) is 5.75 Å². The van der Waals surface area contributed by atoms with Gasteiger partial charge in [-0.25, -0.2) is 0 Å². The summed E-state index contributed by atoms with van der Waals surface area (Å²) in [5.74, 6) is 0.900. The van der Waals surface area contributed by atoms with Crippen LogP contribution in [0.25, 0.3) is 0 Å². The number of rotatable bonds is 6.